The molecule has 25 heavy (non-hydrogen) atoms. The van der Waals surface area contributed by atoms with Crippen molar-refractivity contribution in [3.05, 3.63) is 69.7 Å². The molecule has 2 aromatic rings. The van der Waals surface area contributed by atoms with E-state index in [1.54, 1.807) is 24.3 Å². The molecule has 1 heterocycles. The van der Waals surface area contributed by atoms with Crippen LogP contribution in [-0.2, 0) is 4.74 Å². The second-order valence-corrected chi connectivity index (χ2v) is 7.92. The topological polar surface area (TPSA) is 49.8 Å². The van der Waals surface area contributed by atoms with Gasteiger partial charge in [0.05, 0.1) is 5.60 Å². The van der Waals surface area contributed by atoms with Crippen LogP contribution in [0.4, 0.5) is 0 Å². The number of halogens is 2. The molecular weight excluding hydrogens is 359 g/mol. The van der Waals surface area contributed by atoms with E-state index in [1.165, 1.54) is 19.4 Å². The Kier molecular flexibility index (Phi) is 5.95. The fourth-order valence-corrected chi connectivity index (χ4v) is 2.58. The van der Waals surface area contributed by atoms with Crippen molar-refractivity contribution < 1.29 is 14.6 Å². The Balaban J connectivity index is 0.000000181. The van der Waals surface area contributed by atoms with Gasteiger partial charge >= 0.3 is 0 Å². The van der Waals surface area contributed by atoms with Gasteiger partial charge in [-0.25, -0.2) is 0 Å². The number of hydrogen-bond donors (Lipinski definition) is 1. The first kappa shape index (κ1) is 19.9. The maximum Gasteiger partial charge on any atom is 0.193 e. The summed E-state index contributed by atoms with van der Waals surface area (Å²) >= 11 is 11.4. The van der Waals surface area contributed by atoms with Crippen molar-refractivity contribution >= 4 is 29.0 Å². The molecule has 2 aromatic carbocycles. The molecule has 1 N–H and O–H groups in total. The Bertz CT molecular complexity index is 729. The van der Waals surface area contributed by atoms with Gasteiger partial charge in [0.25, 0.3) is 0 Å². The van der Waals surface area contributed by atoms with E-state index < -0.39 is 5.60 Å². The van der Waals surface area contributed by atoms with E-state index in [-0.39, 0.29) is 17.5 Å². The van der Waals surface area contributed by atoms with Gasteiger partial charge in [0.15, 0.2) is 5.78 Å². The second-order valence-electron chi connectivity index (χ2n) is 7.05. The molecule has 1 saturated heterocycles. The van der Waals surface area contributed by atoms with Crippen LogP contribution in [0.3, 0.4) is 0 Å². The molecule has 3 nitrogen and oxygen atoms in total. The summed E-state index contributed by atoms with van der Waals surface area (Å²) in [5.74, 6) is -0.302. The van der Waals surface area contributed by atoms with Crippen LogP contribution < -0.4 is 0 Å². The van der Waals surface area contributed by atoms with Gasteiger partial charge in [-0.15, -0.1) is 0 Å². The number of carbonyl (C=O) groups excluding carboxylic acids is 1. The molecule has 1 unspecified atom stereocenters. The fourth-order valence-electron chi connectivity index (χ4n) is 2.33. The fraction of sp³-hybridized carbons (Fsp3) is 0.350. The normalized spacial score (nSPS) is 18.1. The summed E-state index contributed by atoms with van der Waals surface area (Å²) in [6.45, 7) is 7.10. The highest BCUT2D eigenvalue weighted by Gasteiger charge is 2.48. The van der Waals surface area contributed by atoms with Gasteiger partial charge in [-0.1, -0.05) is 35.3 Å². The minimum absolute atomic E-state index is 0.0217. The Morgan fingerprint density at radius 1 is 1.00 bits per heavy atom. The number of benzene rings is 2. The highest BCUT2D eigenvalue weighted by molar-refractivity contribution is 6.30. The number of epoxide rings is 1. The number of Topliss-reactive ketones (excluding diaryl/α,β-unsaturated/α-hetero) is 1. The predicted molar refractivity (Wildman–Crippen MR) is 101 cm³/mol. The van der Waals surface area contributed by atoms with Crippen LogP contribution in [0.5, 0.6) is 0 Å². The third-order valence-electron chi connectivity index (χ3n) is 3.83. The minimum Gasteiger partial charge on any atom is -0.382 e. The Morgan fingerprint density at radius 3 is 1.76 bits per heavy atom. The van der Waals surface area contributed by atoms with E-state index >= 15 is 0 Å². The Labute approximate surface area is 158 Å². The van der Waals surface area contributed by atoms with Gasteiger partial charge in [-0.3, -0.25) is 4.79 Å². The molecule has 0 saturated carbocycles. The SMILES string of the molecule is CC(C)(O)C(=O)c1ccc(Cl)cc1.CC1(C)OC1c1ccc(Cl)cc1. The molecule has 1 aliphatic heterocycles. The first-order valence-corrected chi connectivity index (χ1v) is 8.72. The zero-order valence-corrected chi connectivity index (χ0v) is 16.2. The summed E-state index contributed by atoms with van der Waals surface area (Å²) in [6, 6.07) is 14.3. The molecule has 1 fully saturated rings. The van der Waals surface area contributed by atoms with E-state index in [2.05, 4.69) is 13.8 Å². The largest absolute Gasteiger partial charge is 0.382 e. The van der Waals surface area contributed by atoms with Gasteiger partial charge in [0.2, 0.25) is 0 Å². The van der Waals surface area contributed by atoms with Crippen molar-refractivity contribution in [2.45, 2.75) is 45.0 Å². The first-order chi connectivity index (χ1) is 11.5. The summed E-state index contributed by atoms with van der Waals surface area (Å²) in [7, 11) is 0. The van der Waals surface area contributed by atoms with Crippen LogP contribution in [0.2, 0.25) is 10.0 Å². The first-order valence-electron chi connectivity index (χ1n) is 7.97. The van der Waals surface area contributed by atoms with Gasteiger partial charge in [0, 0.05) is 15.6 Å². The molecule has 0 radical (unpaired) electrons. The van der Waals surface area contributed by atoms with Gasteiger partial charge in [0.1, 0.15) is 11.7 Å². The zero-order chi connectivity index (χ0) is 18.8. The van der Waals surface area contributed by atoms with Crippen LogP contribution in [0.15, 0.2) is 48.5 Å². The van der Waals surface area contributed by atoms with E-state index in [0.29, 0.717) is 10.6 Å². The lowest BCUT2D eigenvalue weighted by molar-refractivity contribution is 0.0488. The Hall–Kier alpha value is -1.39. The van der Waals surface area contributed by atoms with Gasteiger partial charge in [-0.05, 0) is 69.7 Å². The van der Waals surface area contributed by atoms with Crippen molar-refractivity contribution in [2.75, 3.05) is 0 Å². The molecule has 1 atom stereocenters. The van der Waals surface area contributed by atoms with E-state index in [9.17, 15) is 9.90 Å². The third kappa shape index (κ3) is 5.55. The summed E-state index contributed by atoms with van der Waals surface area (Å²) in [5, 5.41) is 10.8. The zero-order valence-electron chi connectivity index (χ0n) is 14.7. The predicted octanol–water partition coefficient (Wildman–Crippen LogP) is 5.48. The quantitative estimate of drug-likeness (QED) is 0.566. The molecule has 3 rings (SSSR count). The van der Waals surface area contributed by atoms with Crippen LogP contribution in [0.25, 0.3) is 0 Å². The highest BCUT2D eigenvalue weighted by atomic mass is 35.5. The lowest BCUT2D eigenvalue weighted by Crippen LogP contribution is -2.30. The average Bonchev–Trinajstić information content (AvgIpc) is 3.16. The van der Waals surface area contributed by atoms with Crippen LogP contribution >= 0.6 is 23.2 Å². The molecule has 1 aliphatic rings. The molecule has 0 aromatic heterocycles. The lowest BCUT2D eigenvalue weighted by Gasteiger charge is -2.15. The molecule has 5 heteroatoms. The average molecular weight is 381 g/mol. The maximum absolute atomic E-state index is 11.5. The van der Waals surface area contributed by atoms with Crippen LogP contribution in [-0.4, -0.2) is 22.1 Å². The molecule has 0 bridgehead atoms. The monoisotopic (exact) mass is 380 g/mol. The van der Waals surface area contributed by atoms with Crippen LogP contribution in [0, 0.1) is 0 Å². The van der Waals surface area contributed by atoms with Gasteiger partial charge < -0.3 is 9.84 Å². The smallest absolute Gasteiger partial charge is 0.193 e. The van der Waals surface area contributed by atoms with Gasteiger partial charge in [-0.2, -0.15) is 0 Å². The van der Waals surface area contributed by atoms with Crippen molar-refractivity contribution in [3.63, 3.8) is 0 Å². The molecule has 0 aliphatic carbocycles. The molecule has 0 spiro atoms. The van der Waals surface area contributed by atoms with E-state index in [1.807, 2.05) is 24.3 Å². The van der Waals surface area contributed by atoms with E-state index in [4.69, 9.17) is 27.9 Å². The van der Waals surface area contributed by atoms with Crippen molar-refractivity contribution in [1.82, 2.24) is 0 Å². The summed E-state index contributed by atoms with van der Waals surface area (Å²) in [4.78, 5) is 11.5. The third-order valence-corrected chi connectivity index (χ3v) is 4.33. The van der Waals surface area contributed by atoms with Crippen LogP contribution in [0.1, 0.15) is 49.7 Å². The lowest BCUT2D eigenvalue weighted by atomic mass is 9.97. The number of carbonyl (C=O) groups is 1. The number of hydrogen-bond acceptors (Lipinski definition) is 3. The number of rotatable bonds is 3. The number of aliphatic hydroxyl groups is 1. The molecule has 0 amide bonds. The number of ketones is 1. The molecular formula is C20H22Cl2O3. The Morgan fingerprint density at radius 2 is 1.40 bits per heavy atom. The summed E-state index contributed by atoms with van der Waals surface area (Å²) < 4.78 is 5.49. The number of ether oxygens (including phenoxy) is 1. The minimum atomic E-state index is -1.33. The van der Waals surface area contributed by atoms with Crippen molar-refractivity contribution in [3.8, 4) is 0 Å². The summed E-state index contributed by atoms with van der Waals surface area (Å²) in [6.07, 6.45) is 0.259. The van der Waals surface area contributed by atoms with Crippen molar-refractivity contribution in [1.29, 1.82) is 0 Å². The second kappa shape index (κ2) is 7.46. The maximum atomic E-state index is 11.5. The summed E-state index contributed by atoms with van der Waals surface area (Å²) in [5.41, 5.74) is 0.378. The van der Waals surface area contributed by atoms with Crippen molar-refractivity contribution in [2.24, 2.45) is 0 Å². The van der Waals surface area contributed by atoms with E-state index in [0.717, 1.165) is 5.02 Å². The highest BCUT2D eigenvalue weighted by Crippen LogP contribution is 2.48. The standard InChI is InChI=1S/C10H11ClO2.C10H11ClO/c1-10(2,13)9(12)7-3-5-8(11)6-4-7;1-10(2)9(12-10)7-3-5-8(11)6-4-7/h3-6,13H,1-2H3;3-6,9H,1-2H3. The molecule has 134 valence electrons.